The third-order valence-corrected chi connectivity index (χ3v) is 7.02. The van der Waals surface area contributed by atoms with Crippen molar-refractivity contribution in [2.24, 2.45) is 0 Å². The van der Waals surface area contributed by atoms with Gasteiger partial charge in [0.1, 0.15) is 0 Å². The minimum atomic E-state index is -3.58. The molecule has 1 aliphatic heterocycles. The molecule has 0 bridgehead atoms. The van der Waals surface area contributed by atoms with Gasteiger partial charge in [0, 0.05) is 19.0 Å². The van der Waals surface area contributed by atoms with Gasteiger partial charge in [-0.1, -0.05) is 65.9 Å². The summed E-state index contributed by atoms with van der Waals surface area (Å²) in [5.41, 5.74) is 1.20. The lowest BCUT2D eigenvalue weighted by atomic mass is 10.0. The summed E-state index contributed by atoms with van der Waals surface area (Å²) in [5, 5.41) is 25.0. The van der Waals surface area contributed by atoms with E-state index in [9.17, 15) is 23.2 Å². The van der Waals surface area contributed by atoms with E-state index in [0.29, 0.717) is 18.5 Å². The van der Waals surface area contributed by atoms with E-state index in [4.69, 9.17) is 5.11 Å². The molecule has 0 aliphatic carbocycles. The number of alkyl halides is 2. The number of aliphatic carboxylic acids is 1. The number of benzene rings is 1. The van der Waals surface area contributed by atoms with Gasteiger partial charge in [-0.3, -0.25) is 14.9 Å². The SMILES string of the molecule is CC(F)(F)C(=O)O.CSc1nnc(NC(=O)/C=C/[C@H](CCc2ccccc2)NC(=O)[C@@H]2CCCCN2)s1. The highest BCUT2D eigenvalue weighted by Crippen LogP contribution is 2.23. The summed E-state index contributed by atoms with van der Waals surface area (Å²) in [7, 11) is 0. The highest BCUT2D eigenvalue weighted by molar-refractivity contribution is 8.00. The molecule has 37 heavy (non-hydrogen) atoms. The molecule has 3 rings (SSSR count). The standard InChI is InChI=1S/C21H27N5O2S2.C3H4F2O2/c1-29-21-26-25-20(30-21)24-18(27)13-12-16(11-10-15-7-3-2-4-8-15)23-19(28)17-9-5-6-14-22-17;1-3(4,5)2(6)7/h2-4,7-8,12-13,16-17,22H,5-6,9-11,14H2,1H3,(H,23,28)(H,24,25,27);1H3,(H,6,7)/b13-12+;/t16-,17-;/m0./s1. The summed E-state index contributed by atoms with van der Waals surface area (Å²) in [6.45, 7) is 1.19. The molecule has 9 nitrogen and oxygen atoms in total. The Morgan fingerprint density at radius 2 is 1.97 bits per heavy atom. The van der Waals surface area contributed by atoms with Gasteiger partial charge in [-0.25, -0.2) is 4.79 Å². The van der Waals surface area contributed by atoms with Crippen LogP contribution in [0.2, 0.25) is 0 Å². The molecule has 1 aromatic carbocycles. The summed E-state index contributed by atoms with van der Waals surface area (Å²) in [6.07, 6.45) is 9.65. The Morgan fingerprint density at radius 3 is 2.54 bits per heavy atom. The molecule has 1 aromatic heterocycles. The molecule has 0 unspecified atom stereocenters. The molecule has 2 atom stereocenters. The van der Waals surface area contributed by atoms with E-state index in [2.05, 4.69) is 38.3 Å². The minimum absolute atomic E-state index is 0.00782. The van der Waals surface area contributed by atoms with Crippen LogP contribution in [0.1, 0.15) is 38.2 Å². The van der Waals surface area contributed by atoms with E-state index in [1.165, 1.54) is 34.7 Å². The van der Waals surface area contributed by atoms with Crippen molar-refractivity contribution in [1.29, 1.82) is 0 Å². The van der Waals surface area contributed by atoms with Crippen molar-refractivity contribution in [1.82, 2.24) is 20.8 Å². The van der Waals surface area contributed by atoms with Crippen molar-refractivity contribution < 1.29 is 28.3 Å². The molecular formula is C24H31F2N5O4S2. The van der Waals surface area contributed by atoms with E-state index in [1.807, 2.05) is 24.5 Å². The largest absolute Gasteiger partial charge is 0.477 e. The first kappa shape index (κ1) is 30.3. The molecule has 202 valence electrons. The van der Waals surface area contributed by atoms with E-state index in [1.54, 1.807) is 6.08 Å². The number of carbonyl (C=O) groups excluding carboxylic acids is 2. The van der Waals surface area contributed by atoms with Crippen LogP contribution in [0.15, 0.2) is 46.8 Å². The van der Waals surface area contributed by atoms with Crippen molar-refractivity contribution in [2.75, 3.05) is 18.1 Å². The number of amides is 2. The van der Waals surface area contributed by atoms with E-state index in [0.717, 1.165) is 36.6 Å². The van der Waals surface area contributed by atoms with Crippen LogP contribution >= 0.6 is 23.1 Å². The first-order chi connectivity index (χ1) is 17.6. The maximum atomic E-state index is 12.7. The number of carboxylic acid groups (broad SMARTS) is 1. The monoisotopic (exact) mass is 555 g/mol. The van der Waals surface area contributed by atoms with E-state index >= 15 is 0 Å². The van der Waals surface area contributed by atoms with Crippen molar-refractivity contribution >= 4 is 46.0 Å². The third-order valence-electron chi connectivity index (χ3n) is 5.21. The lowest BCUT2D eigenvalue weighted by Crippen LogP contribution is -2.49. The average molecular weight is 556 g/mol. The zero-order valence-electron chi connectivity index (χ0n) is 20.6. The van der Waals surface area contributed by atoms with Crippen molar-refractivity contribution in [3.63, 3.8) is 0 Å². The number of rotatable bonds is 10. The molecule has 4 N–H and O–H groups in total. The van der Waals surface area contributed by atoms with Crippen molar-refractivity contribution in [3.05, 3.63) is 48.0 Å². The van der Waals surface area contributed by atoms with E-state index < -0.39 is 11.9 Å². The topological polar surface area (TPSA) is 133 Å². The van der Waals surface area contributed by atoms with Gasteiger partial charge in [-0.2, -0.15) is 8.78 Å². The van der Waals surface area contributed by atoms with Crippen LogP contribution < -0.4 is 16.0 Å². The number of piperidine rings is 1. The van der Waals surface area contributed by atoms with Gasteiger partial charge >= 0.3 is 11.9 Å². The van der Waals surface area contributed by atoms with Crippen LogP contribution in [0.5, 0.6) is 0 Å². The number of carbonyl (C=O) groups is 3. The van der Waals surface area contributed by atoms with Gasteiger partial charge in [0.05, 0.1) is 6.04 Å². The Balaban J connectivity index is 0.000000604. The highest BCUT2D eigenvalue weighted by atomic mass is 32.2. The van der Waals surface area contributed by atoms with Crippen LogP contribution in [0, 0.1) is 0 Å². The molecule has 1 fully saturated rings. The summed E-state index contributed by atoms with van der Waals surface area (Å²) in [5.74, 6) is -5.97. The number of halogens is 2. The zero-order valence-corrected chi connectivity index (χ0v) is 22.2. The van der Waals surface area contributed by atoms with Gasteiger partial charge in [-0.05, 0) is 44.0 Å². The predicted octanol–water partition coefficient (Wildman–Crippen LogP) is 3.74. The summed E-state index contributed by atoms with van der Waals surface area (Å²) < 4.78 is 23.3. The predicted molar refractivity (Wildman–Crippen MR) is 140 cm³/mol. The van der Waals surface area contributed by atoms with Crippen LogP contribution in [-0.2, 0) is 20.8 Å². The zero-order chi connectivity index (χ0) is 27.3. The molecular weight excluding hydrogens is 524 g/mol. The fraction of sp³-hybridized carbons (Fsp3) is 0.458. The number of hydrogen-bond acceptors (Lipinski definition) is 8. The Kier molecular flexibility index (Phi) is 12.6. The van der Waals surface area contributed by atoms with Gasteiger partial charge in [0.15, 0.2) is 4.34 Å². The van der Waals surface area contributed by atoms with Crippen LogP contribution in [-0.4, -0.2) is 63.9 Å². The smallest absolute Gasteiger partial charge is 0.374 e. The molecule has 2 aromatic rings. The van der Waals surface area contributed by atoms with Gasteiger partial charge in [0.25, 0.3) is 0 Å². The highest BCUT2D eigenvalue weighted by Gasteiger charge is 2.31. The lowest BCUT2D eigenvalue weighted by molar-refractivity contribution is -0.161. The number of nitrogens with zero attached hydrogens (tertiary/aromatic N) is 2. The van der Waals surface area contributed by atoms with Crippen molar-refractivity contribution in [2.45, 2.75) is 61.4 Å². The molecule has 0 radical (unpaired) electrons. The second-order valence-corrected chi connectivity index (χ2v) is 10.3. The summed E-state index contributed by atoms with van der Waals surface area (Å²) in [4.78, 5) is 34.2. The molecule has 0 spiro atoms. The molecule has 1 aliphatic rings. The molecule has 0 saturated carbocycles. The number of anilines is 1. The molecule has 1 saturated heterocycles. The fourth-order valence-corrected chi connectivity index (χ4v) is 4.41. The average Bonchev–Trinajstić information content (AvgIpc) is 3.34. The van der Waals surface area contributed by atoms with E-state index in [-0.39, 0.29) is 23.9 Å². The number of aryl methyl sites for hydroxylation is 1. The van der Waals surface area contributed by atoms with Gasteiger partial charge in [-0.15, -0.1) is 10.2 Å². The summed E-state index contributed by atoms with van der Waals surface area (Å²) >= 11 is 2.81. The fourth-order valence-electron chi connectivity index (χ4n) is 3.24. The van der Waals surface area contributed by atoms with Crippen LogP contribution in [0.25, 0.3) is 0 Å². The Morgan fingerprint density at radius 1 is 1.27 bits per heavy atom. The van der Waals surface area contributed by atoms with Crippen LogP contribution in [0.3, 0.4) is 0 Å². The first-order valence-electron chi connectivity index (χ1n) is 11.6. The molecule has 13 heteroatoms. The summed E-state index contributed by atoms with van der Waals surface area (Å²) in [6, 6.07) is 9.73. The second kappa shape index (κ2) is 15.4. The number of aromatic nitrogens is 2. The minimum Gasteiger partial charge on any atom is -0.477 e. The maximum Gasteiger partial charge on any atom is 0.374 e. The third kappa shape index (κ3) is 11.8. The number of nitrogens with one attached hydrogen (secondary N) is 3. The van der Waals surface area contributed by atoms with Crippen molar-refractivity contribution in [3.8, 4) is 0 Å². The number of thioether (sulfide) groups is 1. The Labute approximate surface area is 222 Å². The lowest BCUT2D eigenvalue weighted by Gasteiger charge is -2.25. The Bertz CT molecular complexity index is 1040. The molecule has 2 amide bonds. The quantitative estimate of drug-likeness (QED) is 0.198. The Hall–Kier alpha value is -2.90. The van der Waals surface area contributed by atoms with Gasteiger partial charge < -0.3 is 15.7 Å². The van der Waals surface area contributed by atoms with Gasteiger partial charge in [0.2, 0.25) is 16.9 Å². The maximum absolute atomic E-state index is 12.7. The molecule has 2 heterocycles. The number of carboxylic acids is 1. The normalized spacial score (nSPS) is 16.4. The van der Waals surface area contributed by atoms with Crippen LogP contribution in [0.4, 0.5) is 13.9 Å². The second-order valence-electron chi connectivity index (χ2n) is 8.26. The number of hydrogen-bond donors (Lipinski definition) is 4. The first-order valence-corrected chi connectivity index (χ1v) is 13.7.